The molecule has 0 atom stereocenters. The molecule has 1 amide bonds. The minimum Gasteiger partial charge on any atom is -0.495 e. The number of nitrogens with zero attached hydrogens (tertiary/aromatic N) is 3. The molecule has 3 aromatic heterocycles. The number of aliphatic carboxylic acids is 1. The summed E-state index contributed by atoms with van der Waals surface area (Å²) in [5.74, 6) is -0.165. The third kappa shape index (κ3) is 5.59. The van der Waals surface area contributed by atoms with Crippen LogP contribution in [0.5, 0.6) is 5.75 Å². The Kier molecular flexibility index (Phi) is 7.88. The highest BCUT2D eigenvalue weighted by Gasteiger charge is 2.24. The second-order valence-electron chi connectivity index (χ2n) is 10.8. The predicted molar refractivity (Wildman–Crippen MR) is 173 cm³/mol. The molecule has 0 radical (unpaired) electrons. The molecule has 10 heteroatoms. The van der Waals surface area contributed by atoms with Crippen LogP contribution in [0.4, 0.5) is 11.5 Å². The van der Waals surface area contributed by atoms with Gasteiger partial charge in [0.2, 0.25) is 0 Å². The number of hydrogen-bond acceptors (Lipinski definition) is 7. The smallest absolute Gasteiger partial charge is 0.306 e. The van der Waals surface area contributed by atoms with Crippen LogP contribution in [-0.4, -0.2) is 58.2 Å². The molecule has 220 valence electrons. The molecular weight excluding hydrogens is 562 g/mol. The minimum absolute atomic E-state index is 0.220. The molecule has 43 heavy (non-hydrogen) atoms. The number of thiophene rings is 1. The standard InChI is InChI=1S/C33H33N5O4S/c1-37-26-8-4-3-6-22(26)16-27(37)32(39)36-25-10-9-21(17-28(25)42-2)24-19-43-30-23(18-35-31(34)29(24)30)7-5-13-38-14-11-20(12-15-38)33(40)41/h3-10,16-20H,11-15H2,1-2H3,(H2,34,35)(H,36,39)(H,40,41)/b7-5+. The van der Waals surface area contributed by atoms with E-state index in [1.54, 1.807) is 24.6 Å². The number of carbonyl (C=O) groups is 2. The van der Waals surface area contributed by atoms with Crippen molar-refractivity contribution in [3.05, 3.63) is 77.4 Å². The van der Waals surface area contributed by atoms with Crippen molar-refractivity contribution in [3.63, 3.8) is 0 Å². The molecule has 4 N–H and O–H groups in total. The highest BCUT2D eigenvalue weighted by Crippen LogP contribution is 2.41. The van der Waals surface area contributed by atoms with Crippen LogP contribution in [0.3, 0.4) is 0 Å². The Morgan fingerprint density at radius 1 is 1.19 bits per heavy atom. The number of nitrogens with one attached hydrogen (secondary N) is 1. The number of rotatable bonds is 8. The van der Waals surface area contributed by atoms with E-state index in [0.29, 0.717) is 35.8 Å². The van der Waals surface area contributed by atoms with Crippen LogP contribution in [-0.2, 0) is 11.8 Å². The maximum absolute atomic E-state index is 13.2. The van der Waals surface area contributed by atoms with E-state index in [2.05, 4.69) is 32.7 Å². The number of likely N-dealkylation sites (tertiary alicyclic amines) is 1. The molecule has 0 unspecified atom stereocenters. The van der Waals surface area contributed by atoms with Gasteiger partial charge in [0.25, 0.3) is 5.91 Å². The van der Waals surface area contributed by atoms with Crippen molar-refractivity contribution in [2.24, 2.45) is 13.0 Å². The second-order valence-corrected chi connectivity index (χ2v) is 11.7. The number of carboxylic acid groups (broad SMARTS) is 1. The Bertz CT molecular complexity index is 1870. The molecule has 0 bridgehead atoms. The first-order valence-corrected chi connectivity index (χ1v) is 15.0. The number of nitrogens with two attached hydrogens (primary N) is 1. The van der Waals surface area contributed by atoms with E-state index >= 15 is 0 Å². The highest BCUT2D eigenvalue weighted by atomic mass is 32.1. The van der Waals surface area contributed by atoms with Crippen LogP contribution in [0.2, 0.25) is 0 Å². The van der Waals surface area contributed by atoms with Gasteiger partial charge in [-0.2, -0.15) is 0 Å². The first-order chi connectivity index (χ1) is 20.8. The summed E-state index contributed by atoms with van der Waals surface area (Å²) in [4.78, 5) is 31.2. The molecular formula is C33H33N5O4S. The van der Waals surface area contributed by atoms with Gasteiger partial charge in [0, 0.05) is 51.9 Å². The Morgan fingerprint density at radius 3 is 2.72 bits per heavy atom. The Balaban J connectivity index is 1.22. The maximum atomic E-state index is 13.2. The molecule has 0 spiro atoms. The van der Waals surface area contributed by atoms with Gasteiger partial charge in [0.1, 0.15) is 17.3 Å². The predicted octanol–water partition coefficient (Wildman–Crippen LogP) is 6.11. The number of para-hydroxylation sites is 1. The number of fused-ring (bicyclic) bond motifs is 2. The van der Waals surface area contributed by atoms with Crippen LogP contribution >= 0.6 is 11.3 Å². The Morgan fingerprint density at radius 2 is 1.98 bits per heavy atom. The fraction of sp³-hybridized carbons (Fsp3) is 0.242. The summed E-state index contributed by atoms with van der Waals surface area (Å²) in [6.07, 6.45) is 7.31. The molecule has 1 saturated heterocycles. The van der Waals surface area contributed by atoms with E-state index in [-0.39, 0.29) is 11.8 Å². The molecule has 1 aliphatic heterocycles. The fourth-order valence-corrected chi connectivity index (χ4v) is 6.84. The van der Waals surface area contributed by atoms with Crippen LogP contribution < -0.4 is 15.8 Å². The number of aromatic nitrogens is 2. The van der Waals surface area contributed by atoms with Crippen molar-refractivity contribution in [2.75, 3.05) is 37.8 Å². The number of carbonyl (C=O) groups excluding carboxylic acids is 1. The summed E-state index contributed by atoms with van der Waals surface area (Å²) in [6, 6.07) is 15.5. The van der Waals surface area contributed by atoms with Gasteiger partial charge in [-0.25, -0.2) is 4.98 Å². The molecule has 2 aromatic carbocycles. The van der Waals surface area contributed by atoms with Crippen molar-refractivity contribution >= 4 is 61.8 Å². The maximum Gasteiger partial charge on any atom is 0.306 e. The lowest BCUT2D eigenvalue weighted by atomic mass is 9.97. The highest BCUT2D eigenvalue weighted by molar-refractivity contribution is 7.18. The number of pyridine rings is 1. The van der Waals surface area contributed by atoms with Crippen LogP contribution in [0.25, 0.3) is 38.2 Å². The number of hydrogen-bond donors (Lipinski definition) is 3. The zero-order chi connectivity index (χ0) is 30.1. The molecule has 5 aromatic rings. The van der Waals surface area contributed by atoms with Gasteiger partial charge in [0.15, 0.2) is 0 Å². The number of benzene rings is 2. The van der Waals surface area contributed by atoms with Crippen molar-refractivity contribution in [1.29, 1.82) is 0 Å². The van der Waals surface area contributed by atoms with E-state index in [4.69, 9.17) is 10.5 Å². The first-order valence-electron chi connectivity index (χ1n) is 14.2. The summed E-state index contributed by atoms with van der Waals surface area (Å²) in [5, 5.41) is 16.2. The van der Waals surface area contributed by atoms with Gasteiger partial charge in [-0.3, -0.25) is 14.5 Å². The van der Waals surface area contributed by atoms with Crippen molar-refractivity contribution < 1.29 is 19.4 Å². The summed E-state index contributed by atoms with van der Waals surface area (Å²) in [6.45, 7) is 2.31. The number of aryl methyl sites for hydroxylation is 1. The quantitative estimate of drug-likeness (QED) is 0.198. The number of ether oxygens (including phenoxy) is 1. The molecule has 9 nitrogen and oxygen atoms in total. The summed E-state index contributed by atoms with van der Waals surface area (Å²) >= 11 is 1.60. The number of carboxylic acids is 1. The Labute approximate surface area is 253 Å². The third-order valence-electron chi connectivity index (χ3n) is 8.19. The van der Waals surface area contributed by atoms with Crippen molar-refractivity contribution in [3.8, 4) is 16.9 Å². The van der Waals surface area contributed by atoms with E-state index in [1.165, 1.54) is 0 Å². The van der Waals surface area contributed by atoms with E-state index < -0.39 is 5.97 Å². The molecule has 1 aliphatic rings. The molecule has 1 fully saturated rings. The molecule has 0 saturated carbocycles. The summed E-state index contributed by atoms with van der Waals surface area (Å²) in [5.41, 5.74) is 11.3. The van der Waals surface area contributed by atoms with Gasteiger partial charge in [-0.1, -0.05) is 36.4 Å². The van der Waals surface area contributed by atoms with E-state index in [1.807, 2.05) is 60.1 Å². The lowest BCUT2D eigenvalue weighted by molar-refractivity contribution is -0.143. The first kappa shape index (κ1) is 28.4. The average Bonchev–Trinajstić information content (AvgIpc) is 3.61. The van der Waals surface area contributed by atoms with E-state index in [9.17, 15) is 14.7 Å². The van der Waals surface area contributed by atoms with Crippen molar-refractivity contribution in [1.82, 2.24) is 14.5 Å². The SMILES string of the molecule is COc1cc(-c2csc3c(/C=C/CN4CCC(C(=O)O)CC4)cnc(N)c23)ccc1NC(=O)c1cc2ccccc2n1C. The Hall–Kier alpha value is -4.67. The number of nitrogen functional groups attached to an aromatic ring is 1. The summed E-state index contributed by atoms with van der Waals surface area (Å²) < 4.78 is 8.61. The van der Waals surface area contributed by atoms with Gasteiger partial charge in [-0.15, -0.1) is 11.3 Å². The van der Waals surface area contributed by atoms with Crippen LogP contribution in [0.15, 0.2) is 66.2 Å². The van der Waals surface area contributed by atoms with Gasteiger partial charge >= 0.3 is 5.97 Å². The normalized spacial score (nSPS) is 14.6. The van der Waals surface area contributed by atoms with Gasteiger partial charge in [-0.05, 0) is 61.1 Å². The number of amides is 1. The third-order valence-corrected chi connectivity index (χ3v) is 9.22. The zero-order valence-corrected chi connectivity index (χ0v) is 24.9. The minimum atomic E-state index is -0.697. The summed E-state index contributed by atoms with van der Waals surface area (Å²) in [7, 11) is 3.46. The number of methoxy groups -OCH3 is 1. The lowest BCUT2D eigenvalue weighted by Crippen LogP contribution is -2.36. The molecule has 0 aliphatic carbocycles. The van der Waals surface area contributed by atoms with Gasteiger partial charge < -0.3 is 25.5 Å². The average molecular weight is 596 g/mol. The topological polar surface area (TPSA) is 123 Å². The fourth-order valence-electron chi connectivity index (χ4n) is 5.76. The van der Waals surface area contributed by atoms with Gasteiger partial charge in [0.05, 0.1) is 18.7 Å². The van der Waals surface area contributed by atoms with E-state index in [0.717, 1.165) is 57.3 Å². The molecule has 6 rings (SSSR count). The molecule has 4 heterocycles. The number of piperidine rings is 1. The van der Waals surface area contributed by atoms with Crippen LogP contribution in [0, 0.1) is 5.92 Å². The zero-order valence-electron chi connectivity index (χ0n) is 24.0. The second kappa shape index (κ2) is 11.9. The van der Waals surface area contributed by atoms with Crippen LogP contribution in [0.1, 0.15) is 28.9 Å². The largest absolute Gasteiger partial charge is 0.495 e. The monoisotopic (exact) mass is 595 g/mol. The number of anilines is 2. The lowest BCUT2D eigenvalue weighted by Gasteiger charge is -2.28. The van der Waals surface area contributed by atoms with Crippen molar-refractivity contribution in [2.45, 2.75) is 12.8 Å².